The van der Waals surface area contributed by atoms with E-state index >= 15 is 0 Å². The number of amides is 1. The third kappa shape index (κ3) is 4.16. The van der Waals surface area contributed by atoms with Crippen molar-refractivity contribution in [1.29, 1.82) is 0 Å². The Hall–Kier alpha value is -0.810. The van der Waals surface area contributed by atoms with Crippen LogP contribution in [0.1, 0.15) is 34.1 Å². The third-order valence-electron chi connectivity index (χ3n) is 2.82. The van der Waals surface area contributed by atoms with Gasteiger partial charge in [0.25, 0.3) is 0 Å². The molecular weight excluding hydrogens is 220 g/mol. The number of carbonyl (C=O) groups is 1. The molecule has 0 aromatic rings. The van der Waals surface area contributed by atoms with Crippen molar-refractivity contribution in [2.45, 2.75) is 51.8 Å². The lowest BCUT2D eigenvalue weighted by Crippen LogP contribution is -2.59. The normalized spacial score (nSPS) is 25.8. The highest BCUT2D eigenvalue weighted by atomic mass is 16.6. The van der Waals surface area contributed by atoms with E-state index in [0.29, 0.717) is 13.1 Å². The second-order valence-corrected chi connectivity index (χ2v) is 5.48. The van der Waals surface area contributed by atoms with E-state index in [4.69, 9.17) is 9.84 Å². The van der Waals surface area contributed by atoms with Crippen LogP contribution in [0.15, 0.2) is 0 Å². The molecule has 2 atom stereocenters. The van der Waals surface area contributed by atoms with Gasteiger partial charge < -0.3 is 20.1 Å². The standard InChI is InChI=1S/C12H24N2O3/c1-5-10-6-13-9(8-15)7-14(10)11(16)17-12(2,3)4/h9-10,13,15H,5-8H2,1-4H3. The molecule has 5 heteroatoms. The lowest BCUT2D eigenvalue weighted by atomic mass is 10.1. The summed E-state index contributed by atoms with van der Waals surface area (Å²) in [6, 6.07) is 0.0953. The SMILES string of the molecule is CCC1CNC(CO)CN1C(=O)OC(C)(C)C. The summed E-state index contributed by atoms with van der Waals surface area (Å²) in [5.41, 5.74) is -0.477. The second-order valence-electron chi connectivity index (χ2n) is 5.48. The van der Waals surface area contributed by atoms with Gasteiger partial charge in [0.05, 0.1) is 6.61 Å². The highest BCUT2D eigenvalue weighted by Gasteiger charge is 2.32. The van der Waals surface area contributed by atoms with Gasteiger partial charge in [0.15, 0.2) is 0 Å². The maximum absolute atomic E-state index is 12.0. The smallest absolute Gasteiger partial charge is 0.410 e. The summed E-state index contributed by atoms with van der Waals surface area (Å²) in [5, 5.41) is 12.4. The first-order chi connectivity index (χ1) is 7.87. The number of nitrogens with one attached hydrogen (secondary N) is 1. The highest BCUT2D eigenvalue weighted by molar-refractivity contribution is 5.68. The number of piperazine rings is 1. The van der Waals surface area contributed by atoms with Crippen molar-refractivity contribution in [1.82, 2.24) is 10.2 Å². The summed E-state index contributed by atoms with van der Waals surface area (Å²) in [6.07, 6.45) is 0.592. The summed E-state index contributed by atoms with van der Waals surface area (Å²) in [7, 11) is 0. The predicted octanol–water partition coefficient (Wildman–Crippen LogP) is 0.966. The van der Waals surface area contributed by atoms with E-state index in [-0.39, 0.29) is 24.8 Å². The number of carbonyl (C=O) groups excluding carboxylic acids is 1. The first-order valence-electron chi connectivity index (χ1n) is 6.21. The summed E-state index contributed by atoms with van der Waals surface area (Å²) in [5.74, 6) is 0. The molecule has 17 heavy (non-hydrogen) atoms. The van der Waals surface area contributed by atoms with Gasteiger partial charge in [0.1, 0.15) is 5.60 Å². The van der Waals surface area contributed by atoms with Crippen LogP contribution in [0.4, 0.5) is 4.79 Å². The average Bonchev–Trinajstić information content (AvgIpc) is 2.25. The van der Waals surface area contributed by atoms with Crippen molar-refractivity contribution in [3.05, 3.63) is 0 Å². The average molecular weight is 244 g/mol. The number of rotatable bonds is 2. The minimum atomic E-state index is -0.477. The first-order valence-corrected chi connectivity index (χ1v) is 6.21. The summed E-state index contributed by atoms with van der Waals surface area (Å²) in [4.78, 5) is 13.8. The Balaban J connectivity index is 2.66. The summed E-state index contributed by atoms with van der Waals surface area (Å²) < 4.78 is 5.38. The number of aliphatic hydroxyl groups is 1. The maximum atomic E-state index is 12.0. The van der Waals surface area contributed by atoms with Gasteiger partial charge in [-0.2, -0.15) is 0 Å². The van der Waals surface area contributed by atoms with Gasteiger partial charge in [-0.1, -0.05) is 6.92 Å². The summed E-state index contributed by atoms with van der Waals surface area (Å²) >= 11 is 0. The molecule has 1 amide bonds. The van der Waals surface area contributed by atoms with Crippen LogP contribution < -0.4 is 5.32 Å². The topological polar surface area (TPSA) is 61.8 Å². The van der Waals surface area contributed by atoms with Crippen LogP contribution in [0.25, 0.3) is 0 Å². The largest absolute Gasteiger partial charge is 0.444 e. The van der Waals surface area contributed by atoms with Crippen molar-refractivity contribution in [2.75, 3.05) is 19.7 Å². The molecule has 1 rings (SSSR count). The summed E-state index contributed by atoms with van der Waals surface area (Å²) in [6.45, 7) is 8.87. The zero-order valence-electron chi connectivity index (χ0n) is 11.2. The van der Waals surface area contributed by atoms with Crippen molar-refractivity contribution in [2.24, 2.45) is 0 Å². The van der Waals surface area contributed by atoms with Crippen LogP contribution in [0.2, 0.25) is 0 Å². The number of hydrogen-bond acceptors (Lipinski definition) is 4. The van der Waals surface area contributed by atoms with Gasteiger partial charge in [-0.3, -0.25) is 0 Å². The molecule has 2 unspecified atom stereocenters. The van der Waals surface area contributed by atoms with Crippen LogP contribution >= 0.6 is 0 Å². The molecule has 2 N–H and O–H groups in total. The fraction of sp³-hybridized carbons (Fsp3) is 0.917. The Bertz CT molecular complexity index is 263. The third-order valence-corrected chi connectivity index (χ3v) is 2.82. The molecule has 1 aliphatic rings. The monoisotopic (exact) mass is 244 g/mol. The van der Waals surface area contributed by atoms with E-state index < -0.39 is 5.60 Å². The van der Waals surface area contributed by atoms with Crippen LogP contribution in [-0.2, 0) is 4.74 Å². The van der Waals surface area contributed by atoms with Gasteiger partial charge in [0, 0.05) is 25.2 Å². The van der Waals surface area contributed by atoms with Gasteiger partial charge in [0.2, 0.25) is 0 Å². The van der Waals surface area contributed by atoms with Crippen molar-refractivity contribution < 1.29 is 14.6 Å². The Morgan fingerprint density at radius 2 is 2.18 bits per heavy atom. The molecule has 100 valence electrons. The quantitative estimate of drug-likeness (QED) is 0.759. The van der Waals surface area contributed by atoms with Gasteiger partial charge in [-0.15, -0.1) is 0 Å². The Morgan fingerprint density at radius 1 is 1.53 bits per heavy atom. The Morgan fingerprint density at radius 3 is 2.65 bits per heavy atom. The van der Waals surface area contributed by atoms with Gasteiger partial charge in [-0.05, 0) is 27.2 Å². The Kier molecular flexibility index (Phi) is 4.77. The molecule has 0 bridgehead atoms. The lowest BCUT2D eigenvalue weighted by molar-refractivity contribution is 0.00407. The zero-order valence-corrected chi connectivity index (χ0v) is 11.2. The molecule has 1 fully saturated rings. The second kappa shape index (κ2) is 5.69. The molecule has 1 aliphatic heterocycles. The fourth-order valence-electron chi connectivity index (χ4n) is 1.90. The number of aliphatic hydroxyl groups excluding tert-OH is 1. The minimum Gasteiger partial charge on any atom is -0.444 e. The van der Waals surface area contributed by atoms with Crippen molar-refractivity contribution >= 4 is 6.09 Å². The van der Waals surface area contributed by atoms with Crippen molar-refractivity contribution in [3.63, 3.8) is 0 Å². The van der Waals surface area contributed by atoms with E-state index in [1.54, 1.807) is 4.90 Å². The fourth-order valence-corrected chi connectivity index (χ4v) is 1.90. The maximum Gasteiger partial charge on any atom is 0.410 e. The predicted molar refractivity (Wildman–Crippen MR) is 65.9 cm³/mol. The number of ether oxygens (including phenoxy) is 1. The Labute approximate surface area is 103 Å². The zero-order chi connectivity index (χ0) is 13.1. The van der Waals surface area contributed by atoms with E-state index in [9.17, 15) is 4.79 Å². The van der Waals surface area contributed by atoms with Crippen LogP contribution in [0.3, 0.4) is 0 Å². The molecule has 1 saturated heterocycles. The van der Waals surface area contributed by atoms with E-state index in [0.717, 1.165) is 6.42 Å². The number of nitrogens with zero attached hydrogens (tertiary/aromatic N) is 1. The number of hydrogen-bond donors (Lipinski definition) is 2. The molecule has 0 radical (unpaired) electrons. The van der Waals surface area contributed by atoms with Gasteiger partial charge in [-0.25, -0.2) is 4.79 Å². The van der Waals surface area contributed by atoms with E-state index in [1.807, 2.05) is 27.7 Å². The molecule has 0 spiro atoms. The highest BCUT2D eigenvalue weighted by Crippen LogP contribution is 2.16. The molecule has 1 heterocycles. The molecule has 0 saturated carbocycles. The van der Waals surface area contributed by atoms with Crippen LogP contribution in [-0.4, -0.2) is 53.5 Å². The van der Waals surface area contributed by atoms with Gasteiger partial charge >= 0.3 is 6.09 Å². The molecule has 0 aromatic heterocycles. The van der Waals surface area contributed by atoms with Crippen LogP contribution in [0, 0.1) is 0 Å². The van der Waals surface area contributed by atoms with Crippen molar-refractivity contribution in [3.8, 4) is 0 Å². The molecule has 5 nitrogen and oxygen atoms in total. The molecule has 0 aromatic carbocycles. The molecular formula is C12H24N2O3. The molecule has 0 aliphatic carbocycles. The minimum absolute atomic E-state index is 0.0374. The van der Waals surface area contributed by atoms with Crippen LogP contribution in [0.5, 0.6) is 0 Å². The lowest BCUT2D eigenvalue weighted by Gasteiger charge is -2.40. The van der Waals surface area contributed by atoms with E-state index in [1.165, 1.54) is 0 Å². The van der Waals surface area contributed by atoms with E-state index in [2.05, 4.69) is 5.32 Å². The first kappa shape index (κ1) is 14.3.